The topological polar surface area (TPSA) is 63.7 Å². The molecule has 3 rings (SSSR count). The van der Waals surface area contributed by atoms with Crippen LogP contribution in [0.2, 0.25) is 5.02 Å². The van der Waals surface area contributed by atoms with Crippen LogP contribution < -0.4 is 4.74 Å². The van der Waals surface area contributed by atoms with Crippen molar-refractivity contribution in [1.29, 1.82) is 0 Å². The maximum Gasteiger partial charge on any atom is 0.257 e. The molecule has 1 atom stereocenters. The summed E-state index contributed by atoms with van der Waals surface area (Å²) in [5, 5.41) is -0.165. The Balaban J connectivity index is 1.86. The van der Waals surface area contributed by atoms with Gasteiger partial charge in [-0.05, 0) is 30.2 Å². The Morgan fingerprint density at radius 2 is 1.88 bits per heavy atom. The van der Waals surface area contributed by atoms with Crippen molar-refractivity contribution in [3.63, 3.8) is 0 Å². The number of rotatable bonds is 3. The first-order valence-electron chi connectivity index (χ1n) is 8.31. The minimum Gasteiger partial charge on any atom is -0.496 e. The summed E-state index contributed by atoms with van der Waals surface area (Å²) in [4.78, 5) is 14.5. The van der Waals surface area contributed by atoms with Crippen molar-refractivity contribution in [3.8, 4) is 5.75 Å². The van der Waals surface area contributed by atoms with Gasteiger partial charge in [0.15, 0.2) is 9.84 Å². The predicted molar refractivity (Wildman–Crippen MR) is 101 cm³/mol. The largest absolute Gasteiger partial charge is 0.496 e. The Kier molecular flexibility index (Phi) is 5.53. The van der Waals surface area contributed by atoms with E-state index in [4.69, 9.17) is 16.3 Å². The smallest absolute Gasteiger partial charge is 0.257 e. The fourth-order valence-corrected chi connectivity index (χ4v) is 5.17. The van der Waals surface area contributed by atoms with Crippen molar-refractivity contribution in [2.45, 2.75) is 11.7 Å². The molecule has 1 amide bonds. The van der Waals surface area contributed by atoms with Crippen molar-refractivity contribution in [2.24, 2.45) is 0 Å². The van der Waals surface area contributed by atoms with Gasteiger partial charge in [0.2, 0.25) is 0 Å². The van der Waals surface area contributed by atoms with Gasteiger partial charge in [-0.25, -0.2) is 8.42 Å². The van der Waals surface area contributed by atoms with Gasteiger partial charge in [-0.2, -0.15) is 0 Å². The number of amides is 1. The van der Waals surface area contributed by atoms with Crippen LogP contribution in [0.5, 0.6) is 5.75 Å². The van der Waals surface area contributed by atoms with Gasteiger partial charge in [-0.3, -0.25) is 4.79 Å². The summed E-state index contributed by atoms with van der Waals surface area (Å²) >= 11 is 6.02. The predicted octanol–water partition coefficient (Wildman–Crippen LogP) is 3.35. The Hall–Kier alpha value is -2.05. The number of ether oxygens (including phenoxy) is 1. The lowest BCUT2D eigenvalue weighted by molar-refractivity contribution is 0.0763. The van der Waals surface area contributed by atoms with Gasteiger partial charge >= 0.3 is 0 Å². The van der Waals surface area contributed by atoms with E-state index in [0.29, 0.717) is 29.3 Å². The highest BCUT2D eigenvalue weighted by Gasteiger charge is 2.33. The molecule has 1 aliphatic rings. The van der Waals surface area contributed by atoms with E-state index in [9.17, 15) is 13.2 Å². The second kappa shape index (κ2) is 7.68. The first-order valence-corrected chi connectivity index (χ1v) is 10.4. The van der Waals surface area contributed by atoms with Gasteiger partial charge in [0.1, 0.15) is 5.75 Å². The molecule has 138 valence electrons. The quantitative estimate of drug-likeness (QED) is 0.802. The molecule has 2 aromatic carbocycles. The molecule has 1 heterocycles. The molecular weight excluding hydrogens is 374 g/mol. The van der Waals surface area contributed by atoms with Crippen LogP contribution in [0.4, 0.5) is 0 Å². The van der Waals surface area contributed by atoms with Gasteiger partial charge < -0.3 is 9.64 Å². The van der Waals surface area contributed by atoms with Gasteiger partial charge in [-0.15, -0.1) is 0 Å². The van der Waals surface area contributed by atoms with Crippen LogP contribution in [0.3, 0.4) is 0 Å². The summed E-state index contributed by atoms with van der Waals surface area (Å²) in [6.07, 6.45) is 0.362. The average molecular weight is 394 g/mol. The minimum atomic E-state index is -3.34. The zero-order valence-corrected chi connectivity index (χ0v) is 16.0. The average Bonchev–Trinajstić information content (AvgIpc) is 2.80. The molecule has 1 fully saturated rings. The zero-order chi connectivity index (χ0) is 18.7. The number of halogens is 1. The monoisotopic (exact) mass is 393 g/mol. The van der Waals surface area contributed by atoms with Crippen LogP contribution in [-0.4, -0.2) is 45.2 Å². The molecule has 0 bridgehead atoms. The van der Waals surface area contributed by atoms with E-state index in [1.54, 1.807) is 23.1 Å². The number of carbonyl (C=O) groups is 1. The molecule has 2 aromatic rings. The van der Waals surface area contributed by atoms with Crippen molar-refractivity contribution in [1.82, 2.24) is 4.90 Å². The molecular formula is C19H20ClNO4S. The second-order valence-electron chi connectivity index (χ2n) is 6.19. The Labute approximate surface area is 158 Å². The number of sulfone groups is 1. The summed E-state index contributed by atoms with van der Waals surface area (Å²) in [6.45, 7) is 0.507. The number of hydrogen-bond acceptors (Lipinski definition) is 4. The lowest BCUT2D eigenvalue weighted by atomic mass is 10.1. The SMILES string of the molecule is COc1ccc(Cl)cc1C(=O)N1CC[C@@H](c2ccccc2)S(=O)(=O)CC1. The summed E-state index contributed by atoms with van der Waals surface area (Å²) in [7, 11) is -1.85. The minimum absolute atomic E-state index is 0.0683. The van der Waals surface area contributed by atoms with E-state index in [-0.39, 0.29) is 18.2 Å². The normalized spacial score (nSPS) is 19.6. The lowest BCUT2D eigenvalue weighted by Gasteiger charge is -2.21. The highest BCUT2D eigenvalue weighted by atomic mass is 35.5. The Morgan fingerprint density at radius 1 is 1.15 bits per heavy atom. The summed E-state index contributed by atoms with van der Waals surface area (Å²) in [5.41, 5.74) is 1.11. The van der Waals surface area contributed by atoms with Crippen LogP contribution in [-0.2, 0) is 9.84 Å². The summed E-state index contributed by atoms with van der Waals surface area (Å²) < 4.78 is 30.7. The van der Waals surface area contributed by atoms with E-state index < -0.39 is 15.1 Å². The molecule has 0 unspecified atom stereocenters. The molecule has 0 aliphatic carbocycles. The Morgan fingerprint density at radius 3 is 2.58 bits per heavy atom. The van der Waals surface area contributed by atoms with Crippen molar-refractivity contribution in [2.75, 3.05) is 26.0 Å². The van der Waals surface area contributed by atoms with Gasteiger partial charge in [0.25, 0.3) is 5.91 Å². The fraction of sp³-hybridized carbons (Fsp3) is 0.316. The van der Waals surface area contributed by atoms with E-state index in [2.05, 4.69) is 0 Å². The molecule has 0 spiro atoms. The van der Waals surface area contributed by atoms with Crippen LogP contribution in [0, 0.1) is 0 Å². The third-order valence-corrected chi connectivity index (χ3v) is 6.95. The molecule has 0 N–H and O–H groups in total. The molecule has 5 nitrogen and oxygen atoms in total. The highest BCUT2D eigenvalue weighted by molar-refractivity contribution is 7.91. The molecule has 0 radical (unpaired) electrons. The maximum absolute atomic E-state index is 12.9. The summed E-state index contributed by atoms with van der Waals surface area (Å²) in [5.74, 6) is 0.0839. The van der Waals surface area contributed by atoms with Crippen LogP contribution in [0.15, 0.2) is 48.5 Å². The first-order chi connectivity index (χ1) is 12.4. The third-order valence-electron chi connectivity index (χ3n) is 4.59. The van der Waals surface area contributed by atoms with E-state index >= 15 is 0 Å². The fourth-order valence-electron chi connectivity index (χ4n) is 3.21. The Bertz CT molecular complexity index is 899. The lowest BCUT2D eigenvalue weighted by Crippen LogP contribution is -2.33. The zero-order valence-electron chi connectivity index (χ0n) is 14.4. The van der Waals surface area contributed by atoms with Crippen molar-refractivity contribution >= 4 is 27.3 Å². The van der Waals surface area contributed by atoms with Crippen LogP contribution >= 0.6 is 11.6 Å². The molecule has 0 saturated carbocycles. The van der Waals surface area contributed by atoms with Crippen LogP contribution in [0.1, 0.15) is 27.6 Å². The number of carbonyl (C=O) groups excluding carboxylic acids is 1. The molecule has 7 heteroatoms. The van der Waals surface area contributed by atoms with Crippen molar-refractivity contribution in [3.05, 3.63) is 64.7 Å². The van der Waals surface area contributed by atoms with E-state index in [1.165, 1.54) is 7.11 Å². The highest BCUT2D eigenvalue weighted by Crippen LogP contribution is 2.31. The van der Waals surface area contributed by atoms with Crippen LogP contribution in [0.25, 0.3) is 0 Å². The van der Waals surface area contributed by atoms with E-state index in [0.717, 1.165) is 5.56 Å². The van der Waals surface area contributed by atoms with Gasteiger partial charge in [-0.1, -0.05) is 41.9 Å². The van der Waals surface area contributed by atoms with E-state index in [1.807, 2.05) is 30.3 Å². The molecule has 26 heavy (non-hydrogen) atoms. The second-order valence-corrected chi connectivity index (χ2v) is 8.93. The maximum atomic E-state index is 12.9. The van der Waals surface area contributed by atoms with Crippen molar-refractivity contribution < 1.29 is 17.9 Å². The molecule has 1 saturated heterocycles. The number of hydrogen-bond donors (Lipinski definition) is 0. The summed E-state index contributed by atoms with van der Waals surface area (Å²) in [6, 6.07) is 14.0. The standard InChI is InChI=1S/C19H20ClNO4S/c1-25-17-8-7-15(20)13-16(17)19(22)21-10-9-18(26(23,24)12-11-21)14-5-3-2-4-6-14/h2-8,13,18H,9-12H2,1H3/t18-/m0/s1. The number of methoxy groups -OCH3 is 1. The molecule has 0 aromatic heterocycles. The number of benzene rings is 2. The number of nitrogens with zero attached hydrogens (tertiary/aromatic N) is 1. The third kappa shape index (κ3) is 3.86. The van der Waals surface area contributed by atoms with Gasteiger partial charge in [0, 0.05) is 18.1 Å². The molecule has 1 aliphatic heterocycles. The first kappa shape index (κ1) is 18.7. The van der Waals surface area contributed by atoms with Gasteiger partial charge in [0.05, 0.1) is 23.7 Å².